The van der Waals surface area contributed by atoms with E-state index in [-0.39, 0.29) is 11.7 Å². The minimum atomic E-state index is -2.99. The molecule has 1 unspecified atom stereocenters. The van der Waals surface area contributed by atoms with Crippen LogP contribution in [-0.2, 0) is 14.6 Å². The largest absolute Gasteiger partial charge is 0.374 e. The van der Waals surface area contributed by atoms with Gasteiger partial charge in [-0.15, -0.1) is 0 Å². The van der Waals surface area contributed by atoms with Gasteiger partial charge in [-0.1, -0.05) is 6.07 Å². The molecule has 6 nitrogen and oxygen atoms in total. The number of hydrogen-bond donors (Lipinski definition) is 1. The number of sulfone groups is 1. The first-order valence-electron chi connectivity index (χ1n) is 6.26. The maximum absolute atomic E-state index is 11.8. The molecule has 1 heterocycles. The molecule has 1 amide bonds. The molecule has 0 bridgehead atoms. The van der Waals surface area contributed by atoms with E-state index in [1.807, 2.05) is 30.1 Å². The fourth-order valence-corrected chi connectivity index (χ4v) is 2.82. The molecular weight excluding hydrogens is 278 g/mol. The van der Waals surface area contributed by atoms with Crippen LogP contribution in [0, 0.1) is 0 Å². The Morgan fingerprint density at radius 3 is 2.65 bits per heavy atom. The van der Waals surface area contributed by atoms with E-state index in [1.165, 1.54) is 11.2 Å². The molecule has 7 heteroatoms. The number of rotatable bonds is 4. The minimum absolute atomic E-state index is 0.0921. The van der Waals surface area contributed by atoms with Crippen molar-refractivity contribution in [3.05, 3.63) is 23.8 Å². The third-order valence-electron chi connectivity index (χ3n) is 3.55. The van der Waals surface area contributed by atoms with E-state index in [1.54, 1.807) is 7.05 Å². The zero-order chi connectivity index (χ0) is 15.1. The number of nitrogens with two attached hydrogens (primary N) is 1. The van der Waals surface area contributed by atoms with Gasteiger partial charge in [0.2, 0.25) is 5.91 Å². The monoisotopic (exact) mass is 297 g/mol. The van der Waals surface area contributed by atoms with Crippen LogP contribution in [0.4, 0.5) is 11.4 Å². The lowest BCUT2D eigenvalue weighted by molar-refractivity contribution is -0.118. The topological polar surface area (TPSA) is 83.7 Å². The van der Waals surface area contributed by atoms with Crippen molar-refractivity contribution in [3.8, 4) is 0 Å². The van der Waals surface area contributed by atoms with E-state index < -0.39 is 15.9 Å². The predicted octanol–water partition coefficient (Wildman–Crippen LogP) is 0.144. The quantitative estimate of drug-likeness (QED) is 0.855. The summed E-state index contributed by atoms with van der Waals surface area (Å²) in [4.78, 5) is 15.2. The third kappa shape index (κ3) is 2.78. The molecule has 0 saturated carbocycles. The van der Waals surface area contributed by atoms with Crippen molar-refractivity contribution in [2.45, 2.75) is 6.04 Å². The van der Waals surface area contributed by atoms with Crippen LogP contribution in [0.15, 0.2) is 18.2 Å². The molecule has 0 fully saturated rings. The van der Waals surface area contributed by atoms with Gasteiger partial charge < -0.3 is 15.5 Å². The van der Waals surface area contributed by atoms with Crippen molar-refractivity contribution in [1.29, 1.82) is 0 Å². The highest BCUT2D eigenvalue weighted by atomic mass is 32.2. The summed E-state index contributed by atoms with van der Waals surface area (Å²) in [7, 11) is 0.519. The number of carbonyl (C=O) groups is 1. The van der Waals surface area contributed by atoms with E-state index in [0.29, 0.717) is 6.54 Å². The Bertz CT molecular complexity index is 642. The number of benzene rings is 1. The molecule has 1 atom stereocenters. The lowest BCUT2D eigenvalue weighted by Crippen LogP contribution is -2.28. The minimum Gasteiger partial charge on any atom is -0.374 e. The van der Waals surface area contributed by atoms with Gasteiger partial charge in [0, 0.05) is 38.1 Å². The summed E-state index contributed by atoms with van der Waals surface area (Å²) < 4.78 is 22.4. The summed E-state index contributed by atoms with van der Waals surface area (Å²) in [6, 6.07) is 4.94. The highest BCUT2D eigenvalue weighted by molar-refractivity contribution is 7.90. The van der Waals surface area contributed by atoms with Crippen molar-refractivity contribution in [2.24, 2.45) is 5.73 Å². The van der Waals surface area contributed by atoms with Gasteiger partial charge in [0.25, 0.3) is 0 Å². The van der Waals surface area contributed by atoms with Crippen molar-refractivity contribution < 1.29 is 13.2 Å². The zero-order valence-electron chi connectivity index (χ0n) is 11.8. The van der Waals surface area contributed by atoms with Crippen molar-refractivity contribution in [1.82, 2.24) is 0 Å². The van der Waals surface area contributed by atoms with Gasteiger partial charge in [0.1, 0.15) is 15.9 Å². The molecule has 1 aliphatic heterocycles. The van der Waals surface area contributed by atoms with Crippen molar-refractivity contribution in [2.75, 3.05) is 42.4 Å². The van der Waals surface area contributed by atoms with Gasteiger partial charge in [0.05, 0.1) is 11.4 Å². The Kier molecular flexibility index (Phi) is 3.75. The smallest absolute Gasteiger partial charge is 0.248 e. The molecular formula is C13H19N3O3S. The Hall–Kier alpha value is -1.60. The van der Waals surface area contributed by atoms with E-state index in [9.17, 15) is 13.2 Å². The van der Waals surface area contributed by atoms with Crippen LogP contribution in [0.25, 0.3) is 0 Å². The summed E-state index contributed by atoms with van der Waals surface area (Å²) in [5.74, 6) is -0.0366. The third-order valence-corrected chi connectivity index (χ3v) is 4.47. The highest BCUT2D eigenvalue weighted by Gasteiger charge is 2.32. The number of nitrogens with zero attached hydrogens (tertiary/aromatic N) is 2. The molecule has 1 aromatic rings. The number of anilines is 2. The van der Waals surface area contributed by atoms with Crippen LogP contribution in [0.2, 0.25) is 0 Å². The van der Waals surface area contributed by atoms with E-state index in [4.69, 9.17) is 5.73 Å². The average Bonchev–Trinajstić information content (AvgIpc) is 2.60. The van der Waals surface area contributed by atoms with Crippen LogP contribution in [0.1, 0.15) is 11.6 Å². The van der Waals surface area contributed by atoms with Gasteiger partial charge in [-0.25, -0.2) is 8.42 Å². The molecule has 110 valence electrons. The summed E-state index contributed by atoms with van der Waals surface area (Å²) in [6.45, 7) is 0.404. The predicted molar refractivity (Wildman–Crippen MR) is 79.8 cm³/mol. The summed E-state index contributed by atoms with van der Waals surface area (Å²) in [5.41, 5.74) is 8.29. The first-order valence-corrected chi connectivity index (χ1v) is 8.33. The maximum Gasteiger partial charge on any atom is 0.248 e. The van der Waals surface area contributed by atoms with E-state index >= 15 is 0 Å². The first-order chi connectivity index (χ1) is 9.20. The molecule has 1 aromatic carbocycles. The number of amides is 1. The SMILES string of the molecule is CN(CCS(C)(=O)=O)c1ccc2c(c1)N(C)C(=O)C2N. The van der Waals surface area contributed by atoms with Gasteiger partial charge in [-0.2, -0.15) is 0 Å². The molecule has 1 aliphatic rings. The fourth-order valence-electron chi connectivity index (χ4n) is 2.22. The molecule has 0 radical (unpaired) electrons. The molecule has 0 aliphatic carbocycles. The Labute approximate surface area is 119 Å². The number of likely N-dealkylation sites (N-methyl/N-ethyl adjacent to an activating group) is 1. The summed E-state index contributed by atoms with van der Waals surface area (Å²) >= 11 is 0. The van der Waals surface area contributed by atoms with Crippen LogP contribution in [-0.4, -0.2) is 47.0 Å². The highest BCUT2D eigenvalue weighted by Crippen LogP contribution is 2.36. The molecule has 2 rings (SSSR count). The maximum atomic E-state index is 11.8. The van der Waals surface area contributed by atoms with Crippen molar-refractivity contribution >= 4 is 27.1 Å². The second-order valence-corrected chi connectivity index (χ2v) is 7.43. The second kappa shape index (κ2) is 5.06. The average molecular weight is 297 g/mol. The normalized spacial score (nSPS) is 18.3. The Morgan fingerprint density at radius 2 is 2.05 bits per heavy atom. The van der Waals surface area contributed by atoms with Crippen LogP contribution in [0.5, 0.6) is 0 Å². The van der Waals surface area contributed by atoms with Crippen molar-refractivity contribution in [3.63, 3.8) is 0 Å². The van der Waals surface area contributed by atoms with Gasteiger partial charge in [0.15, 0.2) is 0 Å². The lowest BCUT2D eigenvalue weighted by Gasteiger charge is -2.20. The first kappa shape index (κ1) is 14.8. The Balaban J connectivity index is 2.22. The zero-order valence-corrected chi connectivity index (χ0v) is 12.6. The van der Waals surface area contributed by atoms with Gasteiger partial charge in [-0.3, -0.25) is 4.79 Å². The van der Waals surface area contributed by atoms with Crippen LogP contribution >= 0.6 is 0 Å². The van der Waals surface area contributed by atoms with Crippen LogP contribution in [0.3, 0.4) is 0 Å². The number of carbonyl (C=O) groups excluding carboxylic acids is 1. The molecule has 0 spiro atoms. The molecule has 0 saturated heterocycles. The number of hydrogen-bond acceptors (Lipinski definition) is 5. The number of fused-ring (bicyclic) bond motifs is 1. The standard InChI is InChI=1S/C13H19N3O3S/c1-15(6-7-20(3,18)19)9-4-5-10-11(8-9)16(2)13(17)12(10)14/h4-5,8,12H,6-7,14H2,1-3H3. The summed E-state index contributed by atoms with van der Waals surface area (Å²) in [6.07, 6.45) is 1.22. The Morgan fingerprint density at radius 1 is 1.40 bits per heavy atom. The lowest BCUT2D eigenvalue weighted by atomic mass is 10.1. The molecule has 2 N–H and O–H groups in total. The van der Waals surface area contributed by atoms with E-state index in [0.717, 1.165) is 16.9 Å². The van der Waals surface area contributed by atoms with Gasteiger partial charge in [-0.05, 0) is 12.1 Å². The van der Waals surface area contributed by atoms with Gasteiger partial charge >= 0.3 is 0 Å². The molecule has 20 heavy (non-hydrogen) atoms. The molecule has 0 aromatic heterocycles. The van der Waals surface area contributed by atoms with E-state index in [2.05, 4.69) is 0 Å². The van der Waals surface area contributed by atoms with Crippen LogP contribution < -0.4 is 15.5 Å². The second-order valence-electron chi connectivity index (χ2n) is 5.17. The summed E-state index contributed by atoms with van der Waals surface area (Å²) in [5, 5.41) is 0. The fraction of sp³-hybridized carbons (Fsp3) is 0.462.